The van der Waals surface area contributed by atoms with Crippen molar-refractivity contribution in [1.82, 2.24) is 19.5 Å². The third-order valence-corrected chi connectivity index (χ3v) is 7.24. The highest BCUT2D eigenvalue weighted by atomic mass is 16.2. The van der Waals surface area contributed by atoms with E-state index < -0.39 is 0 Å². The van der Waals surface area contributed by atoms with Crippen molar-refractivity contribution in [2.45, 2.75) is 44.7 Å². The minimum absolute atomic E-state index is 0.00601. The molecule has 1 amide bonds. The molecule has 180 valence electrons. The smallest absolute Gasteiger partial charge is 0.254 e. The van der Waals surface area contributed by atoms with Crippen LogP contribution in [-0.4, -0.2) is 57.6 Å². The number of aryl methyl sites for hydroxylation is 1. The second kappa shape index (κ2) is 8.88. The van der Waals surface area contributed by atoms with Crippen LogP contribution in [0.4, 0.5) is 5.82 Å². The fourth-order valence-electron chi connectivity index (χ4n) is 5.45. The molecule has 0 spiro atoms. The number of amides is 1. The number of hydrogen-bond donors (Lipinski definition) is 1. The van der Waals surface area contributed by atoms with Crippen LogP contribution in [0, 0.1) is 6.92 Å². The van der Waals surface area contributed by atoms with E-state index in [0.717, 1.165) is 67.1 Å². The summed E-state index contributed by atoms with van der Waals surface area (Å²) in [6.45, 7) is 4.83. The highest BCUT2D eigenvalue weighted by Gasteiger charge is 2.34. The standard InChI is InChI=1S/C26H30N8O/c1-17-15-34-23(29-25(17)32-12-10-19(27)16-32)13-21(31-34)22-9-5-6-11-33(22)26(35)20-14-28-30-24(20)18-7-3-2-4-8-18/h2-4,7-8,13,15,19,22H,5-6,9-12,14,16,27H2,1H3/t19-,22-/m0/s1. The van der Waals surface area contributed by atoms with Crippen LogP contribution in [0.15, 0.2) is 58.4 Å². The topological polar surface area (TPSA) is 104 Å². The van der Waals surface area contributed by atoms with Gasteiger partial charge >= 0.3 is 0 Å². The van der Waals surface area contributed by atoms with E-state index in [2.05, 4.69) is 22.1 Å². The van der Waals surface area contributed by atoms with Crippen molar-refractivity contribution in [2.75, 3.05) is 31.1 Å². The summed E-state index contributed by atoms with van der Waals surface area (Å²) in [5.41, 5.74) is 11.1. The van der Waals surface area contributed by atoms with Crippen molar-refractivity contribution in [3.05, 3.63) is 65.0 Å². The van der Waals surface area contributed by atoms with Crippen molar-refractivity contribution >= 4 is 23.1 Å². The highest BCUT2D eigenvalue weighted by Crippen LogP contribution is 2.35. The van der Waals surface area contributed by atoms with Crippen LogP contribution in [0.25, 0.3) is 11.3 Å². The molecule has 3 aromatic rings. The van der Waals surface area contributed by atoms with Crippen LogP contribution in [0.1, 0.15) is 48.5 Å². The maximum Gasteiger partial charge on any atom is 0.254 e. The van der Waals surface area contributed by atoms with E-state index in [1.54, 1.807) is 0 Å². The van der Waals surface area contributed by atoms with Crippen molar-refractivity contribution < 1.29 is 4.79 Å². The molecule has 3 aliphatic rings. The molecule has 0 aliphatic carbocycles. The predicted molar refractivity (Wildman–Crippen MR) is 134 cm³/mol. The summed E-state index contributed by atoms with van der Waals surface area (Å²) in [6, 6.07) is 12.0. The van der Waals surface area contributed by atoms with E-state index in [4.69, 9.17) is 15.8 Å². The Bertz CT molecular complexity index is 1330. The van der Waals surface area contributed by atoms with Gasteiger partial charge in [-0.05, 0) is 32.6 Å². The van der Waals surface area contributed by atoms with Crippen molar-refractivity contribution in [3.63, 3.8) is 0 Å². The summed E-state index contributed by atoms with van der Waals surface area (Å²) in [5.74, 6) is 0.979. The first-order valence-electron chi connectivity index (χ1n) is 12.4. The summed E-state index contributed by atoms with van der Waals surface area (Å²) in [6.07, 6.45) is 5.93. The Hall–Kier alpha value is -3.59. The number of likely N-dealkylation sites (tertiary alicyclic amines) is 1. The first-order chi connectivity index (χ1) is 17.1. The third-order valence-electron chi connectivity index (χ3n) is 7.24. The molecule has 3 aliphatic heterocycles. The van der Waals surface area contributed by atoms with Crippen LogP contribution in [-0.2, 0) is 4.79 Å². The number of carbonyl (C=O) groups excluding carboxylic acids is 1. The molecule has 0 bridgehead atoms. The van der Waals surface area contributed by atoms with Gasteiger partial charge in [0, 0.05) is 49.1 Å². The number of rotatable bonds is 4. The maximum absolute atomic E-state index is 13.8. The number of anilines is 1. The minimum Gasteiger partial charge on any atom is -0.355 e. The molecule has 0 radical (unpaired) electrons. The molecule has 2 aromatic heterocycles. The fourth-order valence-corrected chi connectivity index (χ4v) is 5.45. The predicted octanol–water partition coefficient (Wildman–Crippen LogP) is 3.51. The summed E-state index contributed by atoms with van der Waals surface area (Å²) in [7, 11) is 0. The van der Waals surface area contributed by atoms with E-state index in [0.29, 0.717) is 24.4 Å². The molecule has 35 heavy (non-hydrogen) atoms. The summed E-state index contributed by atoms with van der Waals surface area (Å²) >= 11 is 0. The van der Waals surface area contributed by atoms with Gasteiger partial charge in [-0.25, -0.2) is 9.50 Å². The largest absolute Gasteiger partial charge is 0.355 e. The van der Waals surface area contributed by atoms with Gasteiger partial charge < -0.3 is 15.5 Å². The zero-order valence-electron chi connectivity index (χ0n) is 20.0. The number of nitrogens with zero attached hydrogens (tertiary/aromatic N) is 7. The normalized spacial score (nSPS) is 22.6. The van der Waals surface area contributed by atoms with E-state index in [-0.39, 0.29) is 18.0 Å². The molecule has 1 aromatic carbocycles. The van der Waals surface area contributed by atoms with Gasteiger partial charge in [0.2, 0.25) is 0 Å². The zero-order valence-corrected chi connectivity index (χ0v) is 20.0. The Morgan fingerprint density at radius 2 is 1.97 bits per heavy atom. The average molecular weight is 471 g/mol. The van der Waals surface area contributed by atoms with Crippen LogP contribution >= 0.6 is 0 Å². The molecular formula is C26H30N8O. The molecule has 2 atom stereocenters. The SMILES string of the molecule is Cc1cn2nc([C@@H]3CCCCN3C(=O)C3=C(c4ccccc4)N=NC3)cc2nc1N1CC[C@H](N)C1. The van der Waals surface area contributed by atoms with Crippen molar-refractivity contribution in [1.29, 1.82) is 0 Å². The van der Waals surface area contributed by atoms with Crippen LogP contribution in [0.3, 0.4) is 0 Å². The minimum atomic E-state index is -0.0907. The van der Waals surface area contributed by atoms with Gasteiger partial charge in [0.05, 0.1) is 23.9 Å². The Labute approximate surface area is 204 Å². The summed E-state index contributed by atoms with van der Waals surface area (Å²) in [4.78, 5) is 22.9. The van der Waals surface area contributed by atoms with E-state index in [1.807, 2.05) is 52.0 Å². The fraction of sp³-hybridized carbons (Fsp3) is 0.423. The Balaban J connectivity index is 1.32. The van der Waals surface area contributed by atoms with Crippen molar-refractivity contribution in [3.8, 4) is 0 Å². The Kier molecular flexibility index (Phi) is 5.56. The number of nitrogens with two attached hydrogens (primary N) is 1. The van der Waals surface area contributed by atoms with Gasteiger partial charge in [-0.1, -0.05) is 30.3 Å². The Morgan fingerprint density at radius 1 is 1.11 bits per heavy atom. The van der Waals surface area contributed by atoms with Crippen LogP contribution < -0.4 is 10.6 Å². The van der Waals surface area contributed by atoms with E-state index >= 15 is 0 Å². The number of benzene rings is 1. The lowest BCUT2D eigenvalue weighted by Crippen LogP contribution is -2.40. The third kappa shape index (κ3) is 3.99. The van der Waals surface area contributed by atoms with Gasteiger partial charge in [-0.3, -0.25) is 4.79 Å². The van der Waals surface area contributed by atoms with Gasteiger partial charge in [0.15, 0.2) is 5.65 Å². The lowest BCUT2D eigenvalue weighted by Gasteiger charge is -2.35. The average Bonchev–Trinajstić information content (AvgIpc) is 3.63. The van der Waals surface area contributed by atoms with E-state index in [9.17, 15) is 4.79 Å². The molecule has 2 saturated heterocycles. The first-order valence-corrected chi connectivity index (χ1v) is 12.4. The number of fused-ring (bicyclic) bond motifs is 1. The molecular weight excluding hydrogens is 440 g/mol. The molecule has 2 N–H and O–H groups in total. The molecule has 6 rings (SSSR count). The number of piperidine rings is 1. The van der Waals surface area contributed by atoms with Gasteiger partial charge in [0.25, 0.3) is 5.91 Å². The Morgan fingerprint density at radius 3 is 2.77 bits per heavy atom. The van der Waals surface area contributed by atoms with Gasteiger partial charge in [-0.2, -0.15) is 15.3 Å². The van der Waals surface area contributed by atoms with Crippen LogP contribution in [0.5, 0.6) is 0 Å². The molecule has 2 fully saturated rings. The second-order valence-corrected chi connectivity index (χ2v) is 9.72. The molecule has 9 heteroatoms. The van der Waals surface area contributed by atoms with Gasteiger partial charge in [0.1, 0.15) is 11.5 Å². The molecule has 5 heterocycles. The number of carbonyl (C=O) groups is 1. The highest BCUT2D eigenvalue weighted by molar-refractivity contribution is 6.02. The van der Waals surface area contributed by atoms with Crippen molar-refractivity contribution in [2.24, 2.45) is 16.0 Å². The number of hydrogen-bond acceptors (Lipinski definition) is 7. The zero-order chi connectivity index (χ0) is 23.9. The first kappa shape index (κ1) is 21.9. The monoisotopic (exact) mass is 470 g/mol. The molecule has 0 unspecified atom stereocenters. The maximum atomic E-state index is 13.8. The summed E-state index contributed by atoms with van der Waals surface area (Å²) < 4.78 is 1.84. The van der Waals surface area contributed by atoms with Crippen LogP contribution in [0.2, 0.25) is 0 Å². The van der Waals surface area contributed by atoms with E-state index in [1.165, 1.54) is 0 Å². The summed E-state index contributed by atoms with van der Waals surface area (Å²) in [5, 5.41) is 13.4. The molecule has 9 nitrogen and oxygen atoms in total. The number of azo groups is 1. The number of aromatic nitrogens is 3. The lowest BCUT2D eigenvalue weighted by atomic mass is 9.97. The quantitative estimate of drug-likeness (QED) is 0.628. The van der Waals surface area contributed by atoms with Gasteiger partial charge in [-0.15, -0.1) is 0 Å². The molecule has 0 saturated carbocycles. The second-order valence-electron chi connectivity index (χ2n) is 9.72. The lowest BCUT2D eigenvalue weighted by molar-refractivity contribution is -0.130.